The van der Waals surface area contributed by atoms with Crippen LogP contribution in [0.3, 0.4) is 0 Å². The number of anilines is 1. The molecule has 0 aliphatic carbocycles. The molecule has 2 aromatic rings. The van der Waals surface area contributed by atoms with Gasteiger partial charge in [0.2, 0.25) is 0 Å². The van der Waals surface area contributed by atoms with Crippen molar-refractivity contribution in [2.24, 2.45) is 0 Å². The monoisotopic (exact) mass is 202 g/mol. The molecule has 0 radical (unpaired) electrons. The molecule has 1 aromatic heterocycles. The van der Waals surface area contributed by atoms with Gasteiger partial charge in [0.1, 0.15) is 17.5 Å². The van der Waals surface area contributed by atoms with Gasteiger partial charge in [0.25, 0.3) is 5.69 Å². The lowest BCUT2D eigenvalue weighted by Crippen LogP contribution is -1.86. The van der Waals surface area contributed by atoms with Crippen molar-refractivity contribution in [1.29, 1.82) is 5.26 Å². The molecule has 74 valence electrons. The summed E-state index contributed by atoms with van der Waals surface area (Å²) >= 11 is 0. The highest BCUT2D eigenvalue weighted by atomic mass is 16.6. The standard InChI is InChI=1S/C9H6N4O2/c10-4-7-6-2-1-5(13(14)15)3-8(6)12-9(7)11/h1-3,12H,11H2. The summed E-state index contributed by atoms with van der Waals surface area (Å²) in [5.74, 6) is 0.230. The summed E-state index contributed by atoms with van der Waals surface area (Å²) in [6.45, 7) is 0. The number of hydrogen-bond donors (Lipinski definition) is 2. The quantitative estimate of drug-likeness (QED) is 0.539. The Morgan fingerprint density at radius 3 is 2.87 bits per heavy atom. The number of benzene rings is 1. The fraction of sp³-hybridized carbons (Fsp3) is 0. The van der Waals surface area contributed by atoms with Crippen molar-refractivity contribution in [2.75, 3.05) is 5.73 Å². The number of nitro groups is 1. The van der Waals surface area contributed by atoms with E-state index in [0.717, 1.165) is 0 Å². The molecule has 0 spiro atoms. The Hall–Kier alpha value is -2.55. The van der Waals surface area contributed by atoms with Crippen molar-refractivity contribution < 1.29 is 4.92 Å². The van der Waals surface area contributed by atoms with Crippen LogP contribution in [0, 0.1) is 21.4 Å². The third kappa shape index (κ3) is 1.26. The summed E-state index contributed by atoms with van der Waals surface area (Å²) in [4.78, 5) is 12.7. The van der Waals surface area contributed by atoms with Gasteiger partial charge >= 0.3 is 0 Å². The number of aromatic amines is 1. The smallest absolute Gasteiger partial charge is 0.271 e. The molecule has 0 fully saturated rings. The van der Waals surface area contributed by atoms with Crippen molar-refractivity contribution in [3.8, 4) is 6.07 Å². The second-order valence-electron chi connectivity index (χ2n) is 3.01. The molecule has 2 rings (SSSR count). The fourth-order valence-corrected chi connectivity index (χ4v) is 1.44. The predicted octanol–water partition coefficient (Wildman–Crippen LogP) is 1.53. The van der Waals surface area contributed by atoms with Crippen LogP contribution in [-0.2, 0) is 0 Å². The lowest BCUT2D eigenvalue weighted by Gasteiger charge is -1.91. The van der Waals surface area contributed by atoms with Gasteiger partial charge in [-0.2, -0.15) is 5.26 Å². The third-order valence-electron chi connectivity index (χ3n) is 2.13. The summed E-state index contributed by atoms with van der Waals surface area (Å²) < 4.78 is 0. The van der Waals surface area contributed by atoms with Crippen LogP contribution in [-0.4, -0.2) is 9.91 Å². The molecule has 0 atom stereocenters. The van der Waals surface area contributed by atoms with E-state index in [0.29, 0.717) is 16.5 Å². The van der Waals surface area contributed by atoms with Gasteiger partial charge in [-0.05, 0) is 6.07 Å². The van der Waals surface area contributed by atoms with E-state index in [1.165, 1.54) is 18.2 Å². The number of nitrogen functional groups attached to an aromatic ring is 1. The number of H-pyrrole nitrogens is 1. The van der Waals surface area contributed by atoms with Crippen LogP contribution in [0.4, 0.5) is 11.5 Å². The minimum Gasteiger partial charge on any atom is -0.384 e. The first kappa shape index (κ1) is 9.02. The molecule has 0 aliphatic rings. The van der Waals surface area contributed by atoms with Crippen LogP contribution in [0.25, 0.3) is 10.9 Å². The molecule has 15 heavy (non-hydrogen) atoms. The second-order valence-corrected chi connectivity index (χ2v) is 3.01. The summed E-state index contributed by atoms with van der Waals surface area (Å²) in [7, 11) is 0. The SMILES string of the molecule is N#Cc1c(N)[nH]c2cc([N+](=O)[O-])ccc12. The first-order chi connectivity index (χ1) is 7.13. The number of nitro benzene ring substituents is 1. The Labute approximate surface area is 84.1 Å². The van der Waals surface area contributed by atoms with E-state index in [9.17, 15) is 10.1 Å². The number of nitrogens with zero attached hydrogens (tertiary/aromatic N) is 2. The lowest BCUT2D eigenvalue weighted by molar-refractivity contribution is -0.384. The van der Waals surface area contributed by atoms with Gasteiger partial charge in [0.15, 0.2) is 0 Å². The van der Waals surface area contributed by atoms with Crippen LogP contribution in [0.2, 0.25) is 0 Å². The Kier molecular flexibility index (Phi) is 1.80. The van der Waals surface area contributed by atoms with E-state index in [4.69, 9.17) is 11.0 Å². The number of fused-ring (bicyclic) bond motifs is 1. The number of nitriles is 1. The molecule has 0 amide bonds. The molecule has 0 unspecified atom stereocenters. The number of nitrogens with one attached hydrogen (secondary N) is 1. The van der Waals surface area contributed by atoms with Crippen molar-refractivity contribution in [3.63, 3.8) is 0 Å². The average Bonchev–Trinajstić information content (AvgIpc) is 2.51. The second kappa shape index (κ2) is 2.99. The van der Waals surface area contributed by atoms with E-state index < -0.39 is 4.92 Å². The molecule has 0 saturated heterocycles. The van der Waals surface area contributed by atoms with Gasteiger partial charge in [-0.1, -0.05) is 0 Å². The van der Waals surface area contributed by atoms with Gasteiger partial charge in [-0.25, -0.2) is 0 Å². The molecule has 3 N–H and O–H groups in total. The molecule has 1 aromatic carbocycles. The van der Waals surface area contributed by atoms with Gasteiger partial charge in [0, 0.05) is 17.5 Å². The number of aromatic nitrogens is 1. The highest BCUT2D eigenvalue weighted by Crippen LogP contribution is 2.26. The number of nitrogens with two attached hydrogens (primary N) is 1. The van der Waals surface area contributed by atoms with E-state index in [-0.39, 0.29) is 11.5 Å². The number of rotatable bonds is 1. The first-order valence-corrected chi connectivity index (χ1v) is 4.09. The zero-order chi connectivity index (χ0) is 11.0. The largest absolute Gasteiger partial charge is 0.384 e. The number of non-ortho nitro benzene ring substituents is 1. The van der Waals surface area contributed by atoms with Crippen LogP contribution in [0.15, 0.2) is 18.2 Å². The van der Waals surface area contributed by atoms with Crippen LogP contribution in [0.5, 0.6) is 0 Å². The lowest BCUT2D eigenvalue weighted by atomic mass is 10.1. The maximum atomic E-state index is 10.5. The van der Waals surface area contributed by atoms with E-state index in [1.807, 2.05) is 6.07 Å². The molecule has 0 saturated carbocycles. The van der Waals surface area contributed by atoms with Gasteiger partial charge < -0.3 is 10.7 Å². The summed E-state index contributed by atoms with van der Waals surface area (Å²) in [6.07, 6.45) is 0. The Balaban J connectivity index is 2.76. The van der Waals surface area contributed by atoms with Crippen molar-refractivity contribution >= 4 is 22.4 Å². The van der Waals surface area contributed by atoms with Gasteiger partial charge in [-0.3, -0.25) is 10.1 Å². The maximum Gasteiger partial charge on any atom is 0.271 e. The van der Waals surface area contributed by atoms with Crippen molar-refractivity contribution in [1.82, 2.24) is 4.98 Å². The summed E-state index contributed by atoms with van der Waals surface area (Å²) in [6, 6.07) is 6.15. The average molecular weight is 202 g/mol. The number of hydrogen-bond acceptors (Lipinski definition) is 4. The minimum absolute atomic E-state index is 0.0340. The third-order valence-corrected chi connectivity index (χ3v) is 2.13. The predicted molar refractivity (Wildman–Crippen MR) is 54.1 cm³/mol. The molecule has 0 bridgehead atoms. The first-order valence-electron chi connectivity index (χ1n) is 4.09. The molecule has 6 heteroatoms. The summed E-state index contributed by atoms with van der Waals surface area (Å²) in [5, 5.41) is 19.9. The fourth-order valence-electron chi connectivity index (χ4n) is 1.44. The van der Waals surface area contributed by atoms with Crippen LogP contribution < -0.4 is 5.73 Å². The van der Waals surface area contributed by atoms with Gasteiger partial charge in [-0.15, -0.1) is 0 Å². The van der Waals surface area contributed by atoms with E-state index >= 15 is 0 Å². The molecule has 0 aliphatic heterocycles. The highest BCUT2D eigenvalue weighted by molar-refractivity contribution is 5.92. The van der Waals surface area contributed by atoms with Crippen molar-refractivity contribution in [2.45, 2.75) is 0 Å². The van der Waals surface area contributed by atoms with E-state index in [1.54, 1.807) is 0 Å². The molecular weight excluding hydrogens is 196 g/mol. The van der Waals surface area contributed by atoms with E-state index in [2.05, 4.69) is 4.98 Å². The zero-order valence-electron chi connectivity index (χ0n) is 7.52. The topological polar surface area (TPSA) is 109 Å². The van der Waals surface area contributed by atoms with Crippen LogP contribution in [0.1, 0.15) is 5.56 Å². The van der Waals surface area contributed by atoms with Crippen molar-refractivity contribution in [3.05, 3.63) is 33.9 Å². The Morgan fingerprint density at radius 1 is 1.53 bits per heavy atom. The molecular formula is C9H6N4O2. The maximum absolute atomic E-state index is 10.5. The minimum atomic E-state index is -0.498. The summed E-state index contributed by atoms with van der Waals surface area (Å²) in [5.41, 5.74) is 6.33. The Morgan fingerprint density at radius 2 is 2.27 bits per heavy atom. The molecule has 1 heterocycles. The highest BCUT2D eigenvalue weighted by Gasteiger charge is 2.12. The normalized spacial score (nSPS) is 10.1. The van der Waals surface area contributed by atoms with Crippen LogP contribution >= 0.6 is 0 Å². The Bertz CT molecular complexity index is 594. The van der Waals surface area contributed by atoms with Gasteiger partial charge in [0.05, 0.1) is 10.4 Å². The zero-order valence-corrected chi connectivity index (χ0v) is 7.52. The molecule has 6 nitrogen and oxygen atoms in total.